The SMILES string of the molecule is C=Nc1ccc(-c2ccc(C)cc2)cc1. The molecule has 1 nitrogen and oxygen atoms in total. The van der Waals surface area contributed by atoms with Crippen LogP contribution in [-0.4, -0.2) is 6.72 Å². The van der Waals surface area contributed by atoms with Crippen LogP contribution < -0.4 is 0 Å². The Bertz CT molecular complexity index is 452. The number of hydrogen-bond acceptors (Lipinski definition) is 1. The first kappa shape index (κ1) is 9.66. The van der Waals surface area contributed by atoms with Crippen LogP contribution >= 0.6 is 0 Å². The van der Waals surface area contributed by atoms with E-state index in [9.17, 15) is 0 Å². The highest BCUT2D eigenvalue weighted by atomic mass is 14.7. The lowest BCUT2D eigenvalue weighted by molar-refractivity contribution is 1.46. The molecule has 0 amide bonds. The molecule has 0 bridgehead atoms. The van der Waals surface area contributed by atoms with Crippen molar-refractivity contribution in [3.63, 3.8) is 0 Å². The zero-order valence-electron chi connectivity index (χ0n) is 8.77. The highest BCUT2D eigenvalue weighted by Crippen LogP contribution is 2.22. The smallest absolute Gasteiger partial charge is 0.0622 e. The maximum atomic E-state index is 3.87. The molecule has 0 saturated heterocycles. The minimum Gasteiger partial charge on any atom is -0.265 e. The normalized spacial score (nSPS) is 9.93. The van der Waals surface area contributed by atoms with Crippen LogP contribution in [0.25, 0.3) is 11.1 Å². The van der Waals surface area contributed by atoms with E-state index in [1.807, 2.05) is 12.1 Å². The van der Waals surface area contributed by atoms with Crippen molar-refractivity contribution in [3.05, 3.63) is 54.1 Å². The van der Waals surface area contributed by atoms with Gasteiger partial charge in [0.05, 0.1) is 5.69 Å². The number of aryl methyl sites for hydroxylation is 1. The maximum absolute atomic E-state index is 3.87. The molecule has 0 aromatic heterocycles. The van der Waals surface area contributed by atoms with Crippen LogP contribution in [0.4, 0.5) is 5.69 Å². The quantitative estimate of drug-likeness (QED) is 0.642. The van der Waals surface area contributed by atoms with Gasteiger partial charge in [-0.05, 0) is 36.9 Å². The predicted octanol–water partition coefficient (Wildman–Crippen LogP) is 3.99. The van der Waals surface area contributed by atoms with Crippen LogP contribution in [0.1, 0.15) is 5.56 Å². The maximum Gasteiger partial charge on any atom is 0.0622 e. The lowest BCUT2D eigenvalue weighted by atomic mass is 10.0. The van der Waals surface area contributed by atoms with E-state index in [4.69, 9.17) is 0 Å². The zero-order chi connectivity index (χ0) is 10.7. The average Bonchev–Trinajstić information content (AvgIpc) is 2.30. The highest BCUT2D eigenvalue weighted by molar-refractivity contribution is 5.66. The molecule has 0 saturated carbocycles. The molecule has 0 atom stereocenters. The van der Waals surface area contributed by atoms with Crippen molar-refractivity contribution in [2.45, 2.75) is 6.92 Å². The molecule has 1 heteroatoms. The van der Waals surface area contributed by atoms with E-state index >= 15 is 0 Å². The van der Waals surface area contributed by atoms with E-state index in [0.29, 0.717) is 0 Å². The van der Waals surface area contributed by atoms with Crippen LogP contribution in [0, 0.1) is 6.92 Å². The molecule has 0 heterocycles. The second-order valence-corrected chi connectivity index (χ2v) is 3.57. The summed E-state index contributed by atoms with van der Waals surface area (Å²) in [7, 11) is 0. The van der Waals surface area contributed by atoms with Gasteiger partial charge in [0.15, 0.2) is 0 Å². The van der Waals surface area contributed by atoms with Crippen LogP contribution in [0.5, 0.6) is 0 Å². The molecule has 0 unspecified atom stereocenters. The van der Waals surface area contributed by atoms with Gasteiger partial charge in [0.1, 0.15) is 0 Å². The zero-order valence-corrected chi connectivity index (χ0v) is 8.77. The third kappa shape index (κ3) is 2.13. The Kier molecular flexibility index (Phi) is 2.64. The van der Waals surface area contributed by atoms with Crippen molar-refractivity contribution in [2.24, 2.45) is 4.99 Å². The minimum atomic E-state index is 0.908. The number of rotatable bonds is 2. The summed E-state index contributed by atoms with van der Waals surface area (Å²) in [4.78, 5) is 3.87. The molecule has 0 fully saturated rings. The Labute approximate surface area is 90.1 Å². The van der Waals surface area contributed by atoms with Gasteiger partial charge in [-0.2, -0.15) is 0 Å². The minimum absolute atomic E-state index is 0.908. The van der Waals surface area contributed by atoms with Crippen LogP contribution in [0.2, 0.25) is 0 Å². The Balaban J connectivity index is 2.37. The average molecular weight is 195 g/mol. The third-order valence-corrected chi connectivity index (χ3v) is 2.43. The Morgan fingerprint density at radius 2 is 1.27 bits per heavy atom. The molecule has 2 rings (SSSR count). The predicted molar refractivity (Wildman–Crippen MR) is 65.8 cm³/mol. The van der Waals surface area contributed by atoms with Gasteiger partial charge >= 0.3 is 0 Å². The topological polar surface area (TPSA) is 12.4 Å². The van der Waals surface area contributed by atoms with Crippen LogP contribution in [0.3, 0.4) is 0 Å². The first-order valence-electron chi connectivity index (χ1n) is 4.93. The van der Waals surface area contributed by atoms with Crippen LogP contribution in [0.15, 0.2) is 53.5 Å². The van der Waals surface area contributed by atoms with E-state index in [2.05, 4.69) is 55.0 Å². The lowest BCUT2D eigenvalue weighted by Gasteiger charge is -2.02. The molecule has 0 spiro atoms. The van der Waals surface area contributed by atoms with E-state index in [-0.39, 0.29) is 0 Å². The second-order valence-electron chi connectivity index (χ2n) is 3.57. The first-order valence-corrected chi connectivity index (χ1v) is 4.93. The fraction of sp³-hybridized carbons (Fsp3) is 0.0714. The third-order valence-electron chi connectivity index (χ3n) is 2.43. The molecule has 2 aromatic carbocycles. The first-order chi connectivity index (χ1) is 7.29. The summed E-state index contributed by atoms with van der Waals surface area (Å²) in [5, 5.41) is 0. The van der Waals surface area contributed by atoms with Gasteiger partial charge in [-0.1, -0.05) is 42.0 Å². The monoisotopic (exact) mass is 195 g/mol. The summed E-state index contributed by atoms with van der Waals surface area (Å²) in [6, 6.07) is 16.6. The van der Waals surface area contributed by atoms with Crippen molar-refractivity contribution in [2.75, 3.05) is 0 Å². The molecule has 0 aliphatic carbocycles. The van der Waals surface area contributed by atoms with E-state index in [1.165, 1.54) is 16.7 Å². The molecule has 0 radical (unpaired) electrons. The van der Waals surface area contributed by atoms with Crippen molar-refractivity contribution in [3.8, 4) is 11.1 Å². The molecule has 0 aliphatic heterocycles. The van der Waals surface area contributed by atoms with Crippen molar-refractivity contribution >= 4 is 12.4 Å². The number of hydrogen-bond donors (Lipinski definition) is 0. The summed E-state index contributed by atoms with van der Waals surface area (Å²) in [6.45, 7) is 5.59. The summed E-state index contributed by atoms with van der Waals surface area (Å²) in [5.74, 6) is 0. The van der Waals surface area contributed by atoms with Gasteiger partial charge in [0.2, 0.25) is 0 Å². The van der Waals surface area contributed by atoms with Crippen LogP contribution in [-0.2, 0) is 0 Å². The van der Waals surface area contributed by atoms with E-state index in [0.717, 1.165) is 5.69 Å². The lowest BCUT2D eigenvalue weighted by Crippen LogP contribution is -1.77. The Morgan fingerprint density at radius 3 is 1.73 bits per heavy atom. The molecular weight excluding hydrogens is 182 g/mol. The van der Waals surface area contributed by atoms with Gasteiger partial charge in [0.25, 0.3) is 0 Å². The van der Waals surface area contributed by atoms with Crippen molar-refractivity contribution in [1.29, 1.82) is 0 Å². The number of aliphatic imine (C=N–C) groups is 1. The van der Waals surface area contributed by atoms with Gasteiger partial charge in [-0.15, -0.1) is 0 Å². The Morgan fingerprint density at radius 1 is 0.800 bits per heavy atom. The second kappa shape index (κ2) is 4.09. The standard InChI is InChI=1S/C14H13N/c1-11-3-5-12(6-4-11)13-7-9-14(15-2)10-8-13/h3-10H,2H2,1H3. The fourth-order valence-electron chi connectivity index (χ4n) is 1.51. The highest BCUT2D eigenvalue weighted by Gasteiger charge is 1.96. The van der Waals surface area contributed by atoms with Gasteiger partial charge in [0, 0.05) is 0 Å². The van der Waals surface area contributed by atoms with E-state index < -0.39 is 0 Å². The van der Waals surface area contributed by atoms with Crippen molar-refractivity contribution in [1.82, 2.24) is 0 Å². The summed E-state index contributed by atoms with van der Waals surface area (Å²) >= 11 is 0. The molecule has 2 aromatic rings. The van der Waals surface area contributed by atoms with Crippen molar-refractivity contribution < 1.29 is 0 Å². The number of nitrogens with zero attached hydrogens (tertiary/aromatic N) is 1. The molecule has 15 heavy (non-hydrogen) atoms. The molecule has 74 valence electrons. The molecule has 0 aliphatic rings. The summed E-state index contributed by atoms with van der Waals surface area (Å²) in [6.07, 6.45) is 0. The molecule has 0 N–H and O–H groups in total. The summed E-state index contributed by atoms with van der Waals surface area (Å²) < 4.78 is 0. The largest absolute Gasteiger partial charge is 0.265 e. The fourth-order valence-corrected chi connectivity index (χ4v) is 1.51. The van der Waals surface area contributed by atoms with Gasteiger partial charge < -0.3 is 0 Å². The van der Waals surface area contributed by atoms with Gasteiger partial charge in [-0.25, -0.2) is 0 Å². The van der Waals surface area contributed by atoms with E-state index in [1.54, 1.807) is 0 Å². The number of benzene rings is 2. The van der Waals surface area contributed by atoms with Gasteiger partial charge in [-0.3, -0.25) is 4.99 Å². The Hall–Kier alpha value is -1.89. The summed E-state index contributed by atoms with van der Waals surface area (Å²) in [5.41, 5.74) is 4.63. The molecular formula is C14H13N.